The van der Waals surface area contributed by atoms with Crippen LogP contribution in [0, 0.1) is 5.92 Å². The van der Waals surface area contributed by atoms with Crippen molar-refractivity contribution in [2.75, 3.05) is 25.1 Å². The van der Waals surface area contributed by atoms with Gasteiger partial charge < -0.3 is 5.11 Å². The van der Waals surface area contributed by atoms with E-state index in [1.165, 1.54) is 11.8 Å². The summed E-state index contributed by atoms with van der Waals surface area (Å²) in [6.45, 7) is 2.71. The topological polar surface area (TPSA) is 57.6 Å². The number of phenolic OH excluding ortho intramolecular Hbond substituents is 1. The number of sulfone groups is 1. The number of piperidine rings is 1. The van der Waals surface area contributed by atoms with Crippen molar-refractivity contribution >= 4 is 20.6 Å². The van der Waals surface area contributed by atoms with Crippen molar-refractivity contribution in [1.82, 2.24) is 4.90 Å². The van der Waals surface area contributed by atoms with Gasteiger partial charge in [-0.25, -0.2) is 8.42 Å². The van der Waals surface area contributed by atoms with E-state index in [1.807, 2.05) is 12.1 Å². The number of rotatable bonds is 4. The number of nitrogens with zero attached hydrogens (tertiary/aromatic N) is 1. The van der Waals surface area contributed by atoms with Crippen molar-refractivity contribution in [2.24, 2.45) is 5.92 Å². The molecule has 5 heteroatoms. The number of hydrogen-bond acceptors (Lipinski definition) is 4. The molecule has 1 atom stereocenters. The first-order chi connectivity index (χ1) is 10.9. The quantitative estimate of drug-likeness (QED) is 0.935. The second-order valence-electron chi connectivity index (χ2n) is 6.70. The van der Waals surface area contributed by atoms with E-state index >= 15 is 0 Å². The summed E-state index contributed by atoms with van der Waals surface area (Å²) in [6.07, 6.45) is 3.38. The van der Waals surface area contributed by atoms with Crippen LogP contribution in [0.3, 0.4) is 0 Å². The van der Waals surface area contributed by atoms with Gasteiger partial charge in [-0.15, -0.1) is 0 Å². The standard InChI is InChI=1S/C18H23NO3S/c1-23(21,22)13-15-3-2-8-19(12-15)11-14-4-5-17-10-18(20)7-6-16(17)9-14/h4-7,9-10,15,20H,2-3,8,11-13H2,1H3. The third-order valence-corrected chi connectivity index (χ3v) is 5.51. The Bertz CT molecular complexity index is 801. The Labute approximate surface area is 137 Å². The summed E-state index contributed by atoms with van der Waals surface area (Å²) < 4.78 is 23.0. The molecule has 0 saturated carbocycles. The van der Waals surface area contributed by atoms with Gasteiger partial charge in [0.05, 0.1) is 5.75 Å². The van der Waals surface area contributed by atoms with Gasteiger partial charge in [0.15, 0.2) is 0 Å². The van der Waals surface area contributed by atoms with Crippen LogP contribution in [0.5, 0.6) is 5.75 Å². The Morgan fingerprint density at radius 3 is 2.70 bits per heavy atom. The molecule has 1 aliphatic heterocycles. The zero-order valence-corrected chi connectivity index (χ0v) is 14.2. The lowest BCUT2D eigenvalue weighted by molar-refractivity contribution is 0.178. The van der Waals surface area contributed by atoms with E-state index in [0.29, 0.717) is 5.75 Å². The molecule has 1 fully saturated rings. The molecule has 1 aliphatic rings. The molecule has 1 heterocycles. The molecule has 3 rings (SSSR count). The van der Waals surface area contributed by atoms with Gasteiger partial charge in [0.2, 0.25) is 0 Å². The Kier molecular flexibility index (Phi) is 4.60. The summed E-state index contributed by atoms with van der Waals surface area (Å²) in [4.78, 5) is 2.35. The highest BCUT2D eigenvalue weighted by molar-refractivity contribution is 7.90. The van der Waals surface area contributed by atoms with Crippen LogP contribution in [-0.4, -0.2) is 43.5 Å². The van der Waals surface area contributed by atoms with E-state index in [9.17, 15) is 13.5 Å². The Balaban J connectivity index is 1.70. The molecule has 4 nitrogen and oxygen atoms in total. The van der Waals surface area contributed by atoms with Crippen LogP contribution in [0.1, 0.15) is 18.4 Å². The largest absolute Gasteiger partial charge is 0.508 e. The lowest BCUT2D eigenvalue weighted by Gasteiger charge is -2.32. The van der Waals surface area contributed by atoms with Gasteiger partial charge in [0.25, 0.3) is 0 Å². The monoisotopic (exact) mass is 333 g/mol. The molecule has 1 N–H and O–H groups in total. The van der Waals surface area contributed by atoms with E-state index in [2.05, 4.69) is 17.0 Å². The summed E-state index contributed by atoms with van der Waals surface area (Å²) in [7, 11) is -2.90. The van der Waals surface area contributed by atoms with Gasteiger partial charge in [0.1, 0.15) is 15.6 Å². The number of likely N-dealkylation sites (tertiary alicyclic amines) is 1. The van der Waals surface area contributed by atoms with Crippen LogP contribution < -0.4 is 0 Å². The fourth-order valence-corrected chi connectivity index (χ4v) is 4.63. The first kappa shape index (κ1) is 16.3. The number of hydrogen-bond donors (Lipinski definition) is 1. The van der Waals surface area contributed by atoms with Crippen LogP contribution in [0.25, 0.3) is 10.8 Å². The van der Waals surface area contributed by atoms with Gasteiger partial charge in [-0.05, 0) is 59.8 Å². The van der Waals surface area contributed by atoms with E-state index in [-0.39, 0.29) is 11.7 Å². The normalized spacial score (nSPS) is 20.0. The number of benzene rings is 2. The van der Waals surface area contributed by atoms with E-state index in [4.69, 9.17) is 0 Å². The van der Waals surface area contributed by atoms with Gasteiger partial charge in [-0.3, -0.25) is 4.90 Å². The van der Waals surface area contributed by atoms with Gasteiger partial charge in [-0.1, -0.05) is 18.2 Å². The highest BCUT2D eigenvalue weighted by Crippen LogP contribution is 2.24. The molecule has 0 radical (unpaired) electrons. The maximum absolute atomic E-state index is 11.5. The molecule has 1 unspecified atom stereocenters. The molecule has 124 valence electrons. The molecular weight excluding hydrogens is 310 g/mol. The average Bonchev–Trinajstić information content (AvgIpc) is 2.46. The number of fused-ring (bicyclic) bond motifs is 1. The Morgan fingerprint density at radius 1 is 1.17 bits per heavy atom. The van der Waals surface area contributed by atoms with Crippen LogP contribution in [0.2, 0.25) is 0 Å². The average molecular weight is 333 g/mol. The summed E-state index contributed by atoms with van der Waals surface area (Å²) in [5.74, 6) is 0.821. The zero-order valence-electron chi connectivity index (χ0n) is 13.4. The van der Waals surface area contributed by atoms with Crippen LogP contribution >= 0.6 is 0 Å². The van der Waals surface area contributed by atoms with Crippen LogP contribution in [-0.2, 0) is 16.4 Å². The van der Waals surface area contributed by atoms with Gasteiger partial charge in [-0.2, -0.15) is 0 Å². The van der Waals surface area contributed by atoms with E-state index in [0.717, 1.165) is 43.2 Å². The van der Waals surface area contributed by atoms with Crippen LogP contribution in [0.4, 0.5) is 0 Å². The molecule has 0 spiro atoms. The van der Waals surface area contributed by atoms with E-state index in [1.54, 1.807) is 12.1 Å². The maximum Gasteiger partial charge on any atom is 0.147 e. The van der Waals surface area contributed by atoms with Gasteiger partial charge >= 0.3 is 0 Å². The van der Waals surface area contributed by atoms with E-state index < -0.39 is 9.84 Å². The molecule has 0 amide bonds. The molecule has 2 aromatic rings. The molecule has 0 aromatic heterocycles. The van der Waals surface area contributed by atoms with Crippen molar-refractivity contribution in [2.45, 2.75) is 19.4 Å². The first-order valence-electron chi connectivity index (χ1n) is 8.01. The second kappa shape index (κ2) is 6.49. The highest BCUT2D eigenvalue weighted by Gasteiger charge is 2.23. The third-order valence-electron chi connectivity index (χ3n) is 4.44. The fourth-order valence-electron chi connectivity index (χ4n) is 3.50. The van der Waals surface area contributed by atoms with Crippen LogP contribution in [0.15, 0.2) is 36.4 Å². The van der Waals surface area contributed by atoms with Crippen molar-refractivity contribution in [3.8, 4) is 5.75 Å². The first-order valence-corrected chi connectivity index (χ1v) is 10.1. The lowest BCUT2D eigenvalue weighted by Crippen LogP contribution is -2.37. The SMILES string of the molecule is CS(=O)(=O)CC1CCCN(Cc2ccc3cc(O)ccc3c2)C1. The molecule has 1 saturated heterocycles. The molecular formula is C18H23NO3S. The molecule has 0 aliphatic carbocycles. The van der Waals surface area contributed by atoms with Crippen molar-refractivity contribution in [3.63, 3.8) is 0 Å². The van der Waals surface area contributed by atoms with Crippen molar-refractivity contribution < 1.29 is 13.5 Å². The Morgan fingerprint density at radius 2 is 1.91 bits per heavy atom. The minimum absolute atomic E-state index is 0.246. The third kappa shape index (κ3) is 4.45. The Hall–Kier alpha value is -1.59. The minimum Gasteiger partial charge on any atom is -0.508 e. The summed E-state index contributed by atoms with van der Waals surface area (Å²) in [6, 6.07) is 11.7. The highest BCUT2D eigenvalue weighted by atomic mass is 32.2. The summed E-state index contributed by atoms with van der Waals surface area (Å²) in [5.41, 5.74) is 1.23. The number of phenols is 1. The summed E-state index contributed by atoms with van der Waals surface area (Å²) in [5, 5.41) is 11.7. The zero-order chi connectivity index (χ0) is 16.4. The van der Waals surface area contributed by atoms with Crippen molar-refractivity contribution in [3.05, 3.63) is 42.0 Å². The fraction of sp³-hybridized carbons (Fsp3) is 0.444. The number of aromatic hydroxyl groups is 1. The smallest absolute Gasteiger partial charge is 0.147 e. The predicted octanol–water partition coefficient (Wildman–Crippen LogP) is 2.80. The lowest BCUT2D eigenvalue weighted by atomic mass is 9.99. The molecule has 2 aromatic carbocycles. The predicted molar refractivity (Wildman–Crippen MR) is 93.3 cm³/mol. The molecule has 23 heavy (non-hydrogen) atoms. The maximum atomic E-state index is 11.5. The van der Waals surface area contributed by atoms with Crippen molar-refractivity contribution in [1.29, 1.82) is 0 Å². The minimum atomic E-state index is -2.90. The van der Waals surface area contributed by atoms with Gasteiger partial charge in [0, 0.05) is 19.3 Å². The molecule has 0 bridgehead atoms. The summed E-state index contributed by atoms with van der Waals surface area (Å²) >= 11 is 0. The second-order valence-corrected chi connectivity index (χ2v) is 8.89.